The van der Waals surface area contributed by atoms with E-state index in [1.54, 1.807) is 0 Å². The minimum atomic E-state index is 0.151. The molecule has 1 heterocycles. The number of hydrogen-bond acceptors (Lipinski definition) is 2. The molecule has 0 aliphatic carbocycles. The molecule has 0 aromatic heterocycles. The van der Waals surface area contributed by atoms with Gasteiger partial charge in [-0.3, -0.25) is 4.79 Å². The third kappa shape index (κ3) is 2.91. The van der Waals surface area contributed by atoms with Gasteiger partial charge in [-0.05, 0) is 44.7 Å². The zero-order valence-corrected chi connectivity index (χ0v) is 11.2. The number of piperidine rings is 1. The molecule has 1 aliphatic heterocycles. The van der Waals surface area contributed by atoms with Crippen molar-refractivity contribution >= 4 is 5.91 Å². The monoisotopic (exact) mass is 246 g/mol. The van der Waals surface area contributed by atoms with E-state index in [0.29, 0.717) is 5.92 Å². The number of nitrogens with zero attached hydrogens (tertiary/aromatic N) is 1. The number of benzene rings is 1. The Morgan fingerprint density at radius 1 is 1.28 bits per heavy atom. The van der Waals surface area contributed by atoms with Gasteiger partial charge in [0, 0.05) is 24.7 Å². The summed E-state index contributed by atoms with van der Waals surface area (Å²) in [7, 11) is 0. The van der Waals surface area contributed by atoms with Crippen LogP contribution in [0.4, 0.5) is 0 Å². The van der Waals surface area contributed by atoms with Crippen molar-refractivity contribution in [2.24, 2.45) is 11.7 Å². The minimum absolute atomic E-state index is 0.151. The minimum Gasteiger partial charge on any atom is -0.339 e. The summed E-state index contributed by atoms with van der Waals surface area (Å²) >= 11 is 0. The summed E-state index contributed by atoms with van der Waals surface area (Å²) < 4.78 is 0. The Morgan fingerprint density at radius 3 is 2.33 bits per heavy atom. The van der Waals surface area contributed by atoms with Crippen molar-refractivity contribution in [3.8, 4) is 0 Å². The Bertz CT molecular complexity index is 403. The van der Waals surface area contributed by atoms with E-state index in [0.717, 1.165) is 31.5 Å². The summed E-state index contributed by atoms with van der Waals surface area (Å²) in [6.07, 6.45) is 2.05. The van der Waals surface area contributed by atoms with Gasteiger partial charge in [-0.1, -0.05) is 17.7 Å². The third-order valence-corrected chi connectivity index (χ3v) is 3.87. The van der Waals surface area contributed by atoms with Crippen LogP contribution >= 0.6 is 0 Å². The molecule has 18 heavy (non-hydrogen) atoms. The lowest BCUT2D eigenvalue weighted by molar-refractivity contribution is 0.0681. The van der Waals surface area contributed by atoms with Crippen LogP contribution in [0.15, 0.2) is 24.3 Å². The first-order valence-electron chi connectivity index (χ1n) is 6.69. The molecular weight excluding hydrogens is 224 g/mol. The maximum Gasteiger partial charge on any atom is 0.253 e. The average molecular weight is 246 g/mol. The number of amides is 1. The predicted octanol–water partition coefficient (Wildman–Crippen LogP) is 2.19. The Morgan fingerprint density at radius 2 is 1.83 bits per heavy atom. The van der Waals surface area contributed by atoms with E-state index < -0.39 is 0 Å². The molecule has 2 rings (SSSR count). The van der Waals surface area contributed by atoms with Gasteiger partial charge in [0.1, 0.15) is 0 Å². The molecule has 1 unspecified atom stereocenters. The maximum absolute atomic E-state index is 12.3. The summed E-state index contributed by atoms with van der Waals surface area (Å²) in [5, 5.41) is 0. The number of nitrogens with two attached hydrogens (primary N) is 1. The number of hydrogen-bond donors (Lipinski definition) is 1. The van der Waals surface area contributed by atoms with Gasteiger partial charge in [-0.25, -0.2) is 0 Å². The highest BCUT2D eigenvalue weighted by molar-refractivity contribution is 5.94. The molecule has 0 radical (unpaired) electrons. The van der Waals surface area contributed by atoms with Gasteiger partial charge in [-0.2, -0.15) is 0 Å². The number of aryl methyl sites for hydroxylation is 1. The molecule has 1 atom stereocenters. The lowest BCUT2D eigenvalue weighted by atomic mass is 9.90. The highest BCUT2D eigenvalue weighted by Gasteiger charge is 2.25. The first-order chi connectivity index (χ1) is 8.58. The lowest BCUT2D eigenvalue weighted by Gasteiger charge is -2.33. The van der Waals surface area contributed by atoms with E-state index in [9.17, 15) is 4.79 Å². The zero-order valence-electron chi connectivity index (χ0n) is 11.2. The number of rotatable bonds is 2. The second kappa shape index (κ2) is 5.53. The SMILES string of the molecule is Cc1ccc(C(=O)N2CCC(C(C)N)CC2)cc1. The van der Waals surface area contributed by atoms with Crippen molar-refractivity contribution in [2.75, 3.05) is 13.1 Å². The normalized spacial score (nSPS) is 18.7. The van der Waals surface area contributed by atoms with Gasteiger partial charge in [0.05, 0.1) is 0 Å². The largest absolute Gasteiger partial charge is 0.339 e. The van der Waals surface area contributed by atoms with Crippen LogP contribution in [-0.2, 0) is 0 Å². The number of carbonyl (C=O) groups is 1. The van der Waals surface area contributed by atoms with Crippen LogP contribution in [0.3, 0.4) is 0 Å². The Balaban J connectivity index is 1.97. The molecule has 1 fully saturated rings. The van der Waals surface area contributed by atoms with Gasteiger partial charge in [-0.15, -0.1) is 0 Å². The zero-order chi connectivity index (χ0) is 13.1. The molecule has 3 heteroatoms. The molecule has 3 nitrogen and oxygen atoms in total. The van der Waals surface area contributed by atoms with Gasteiger partial charge >= 0.3 is 0 Å². The molecule has 0 bridgehead atoms. The van der Waals surface area contributed by atoms with E-state index in [1.165, 1.54) is 5.56 Å². The second-order valence-electron chi connectivity index (χ2n) is 5.35. The topological polar surface area (TPSA) is 46.3 Å². The Kier molecular flexibility index (Phi) is 4.02. The molecule has 0 spiro atoms. The second-order valence-corrected chi connectivity index (χ2v) is 5.35. The van der Waals surface area contributed by atoms with E-state index >= 15 is 0 Å². The van der Waals surface area contributed by atoms with Crippen LogP contribution < -0.4 is 5.73 Å². The molecule has 1 saturated heterocycles. The van der Waals surface area contributed by atoms with Gasteiger partial charge < -0.3 is 10.6 Å². The molecule has 1 amide bonds. The summed E-state index contributed by atoms with van der Waals surface area (Å²) in [4.78, 5) is 14.2. The standard InChI is InChI=1S/C15H22N2O/c1-11-3-5-14(6-4-11)15(18)17-9-7-13(8-10-17)12(2)16/h3-6,12-13H,7-10,16H2,1-2H3. The van der Waals surface area contributed by atoms with Crippen LogP contribution in [0.2, 0.25) is 0 Å². The van der Waals surface area contributed by atoms with Crippen LogP contribution in [0.25, 0.3) is 0 Å². The lowest BCUT2D eigenvalue weighted by Crippen LogP contribution is -2.42. The van der Waals surface area contributed by atoms with Crippen LogP contribution in [-0.4, -0.2) is 29.9 Å². The highest BCUT2D eigenvalue weighted by Crippen LogP contribution is 2.21. The van der Waals surface area contributed by atoms with Crippen molar-refractivity contribution in [3.05, 3.63) is 35.4 Å². The predicted molar refractivity (Wildman–Crippen MR) is 73.5 cm³/mol. The molecular formula is C15H22N2O. The fourth-order valence-corrected chi connectivity index (χ4v) is 2.51. The first-order valence-corrected chi connectivity index (χ1v) is 6.69. The van der Waals surface area contributed by atoms with Gasteiger partial charge in [0.25, 0.3) is 5.91 Å². The van der Waals surface area contributed by atoms with Crippen molar-refractivity contribution in [2.45, 2.75) is 32.7 Å². The van der Waals surface area contributed by atoms with Gasteiger partial charge in [0.2, 0.25) is 0 Å². The Hall–Kier alpha value is -1.35. The van der Waals surface area contributed by atoms with Crippen molar-refractivity contribution in [1.29, 1.82) is 0 Å². The summed E-state index contributed by atoms with van der Waals surface area (Å²) in [6.45, 7) is 5.75. The van der Waals surface area contributed by atoms with Crippen LogP contribution in [0, 0.1) is 12.8 Å². The molecule has 1 aromatic rings. The summed E-state index contributed by atoms with van der Waals surface area (Å²) in [6, 6.07) is 8.04. The molecule has 1 aliphatic rings. The fourth-order valence-electron chi connectivity index (χ4n) is 2.51. The van der Waals surface area contributed by atoms with E-state index in [1.807, 2.05) is 36.1 Å². The summed E-state index contributed by atoms with van der Waals surface area (Å²) in [5.41, 5.74) is 7.89. The molecule has 2 N–H and O–H groups in total. The maximum atomic E-state index is 12.3. The highest BCUT2D eigenvalue weighted by atomic mass is 16.2. The van der Waals surface area contributed by atoms with Crippen LogP contribution in [0.1, 0.15) is 35.7 Å². The van der Waals surface area contributed by atoms with E-state index in [-0.39, 0.29) is 11.9 Å². The van der Waals surface area contributed by atoms with Crippen molar-refractivity contribution in [3.63, 3.8) is 0 Å². The average Bonchev–Trinajstić information content (AvgIpc) is 2.39. The molecule has 0 saturated carbocycles. The fraction of sp³-hybridized carbons (Fsp3) is 0.533. The smallest absolute Gasteiger partial charge is 0.253 e. The Labute approximate surface area is 109 Å². The summed E-state index contributed by atoms with van der Waals surface area (Å²) in [5.74, 6) is 0.713. The first kappa shape index (κ1) is 13.1. The molecule has 98 valence electrons. The third-order valence-electron chi connectivity index (χ3n) is 3.87. The number of likely N-dealkylation sites (tertiary alicyclic amines) is 1. The number of carbonyl (C=O) groups excluding carboxylic acids is 1. The van der Waals surface area contributed by atoms with Crippen molar-refractivity contribution in [1.82, 2.24) is 4.90 Å². The van der Waals surface area contributed by atoms with E-state index in [4.69, 9.17) is 5.73 Å². The van der Waals surface area contributed by atoms with Crippen LogP contribution in [0.5, 0.6) is 0 Å². The van der Waals surface area contributed by atoms with Gasteiger partial charge in [0.15, 0.2) is 0 Å². The quantitative estimate of drug-likeness (QED) is 0.869. The molecule has 1 aromatic carbocycles. The van der Waals surface area contributed by atoms with Crippen molar-refractivity contribution < 1.29 is 4.79 Å². The van der Waals surface area contributed by atoms with E-state index in [2.05, 4.69) is 6.92 Å².